The van der Waals surface area contributed by atoms with Crippen LogP contribution in [0.4, 0.5) is 0 Å². The van der Waals surface area contributed by atoms with Gasteiger partial charge in [-0.15, -0.1) is 11.3 Å². The third kappa shape index (κ3) is 5.80. The molecule has 5 nitrogen and oxygen atoms in total. The van der Waals surface area contributed by atoms with Crippen LogP contribution in [0.15, 0.2) is 58.0 Å². The number of hydrogen-bond acceptors (Lipinski definition) is 6. The Balaban J connectivity index is 1.51. The largest absolute Gasteiger partial charge is 0.493 e. The van der Waals surface area contributed by atoms with Gasteiger partial charge in [0, 0.05) is 5.56 Å². The van der Waals surface area contributed by atoms with E-state index in [1.54, 1.807) is 17.6 Å². The Bertz CT molecular complexity index is 905. The summed E-state index contributed by atoms with van der Waals surface area (Å²) in [5.41, 5.74) is 4.35. The number of benzene rings is 2. The Morgan fingerprint density at radius 3 is 2.85 bits per heavy atom. The molecule has 0 aliphatic heterocycles. The number of fused-ring (bicyclic) bond motifs is 1. The van der Waals surface area contributed by atoms with Crippen molar-refractivity contribution in [1.29, 1.82) is 0 Å². The first-order valence-corrected chi connectivity index (χ1v) is 10.4. The number of amides is 1. The SMILES string of the molecule is CC(C)COc1ccccc1/C=N/NC(=O)CSc1nc2ccccc2s1. The maximum Gasteiger partial charge on any atom is 0.250 e. The standard InChI is InChI=1S/C20H21N3O2S2/c1-14(2)12-25-17-9-5-3-7-15(17)11-21-23-19(24)13-26-20-22-16-8-4-6-10-18(16)27-20/h3-11,14H,12-13H2,1-2H3,(H,23,24)/b21-11+. The van der Waals surface area contributed by atoms with Crippen molar-refractivity contribution >= 4 is 45.4 Å². The zero-order valence-electron chi connectivity index (χ0n) is 15.2. The number of nitrogens with zero attached hydrogens (tertiary/aromatic N) is 2. The molecule has 7 heteroatoms. The van der Waals surface area contributed by atoms with Crippen molar-refractivity contribution in [3.63, 3.8) is 0 Å². The molecule has 0 saturated heterocycles. The number of nitrogens with one attached hydrogen (secondary N) is 1. The predicted molar refractivity (Wildman–Crippen MR) is 113 cm³/mol. The summed E-state index contributed by atoms with van der Waals surface area (Å²) < 4.78 is 7.77. The van der Waals surface area contributed by atoms with Gasteiger partial charge >= 0.3 is 0 Å². The Kier molecular flexibility index (Phi) is 6.84. The third-order valence-electron chi connectivity index (χ3n) is 3.49. The van der Waals surface area contributed by atoms with Gasteiger partial charge in [-0.05, 0) is 30.2 Å². The predicted octanol–water partition coefficient (Wildman–Crippen LogP) is 4.57. The molecule has 0 spiro atoms. The molecule has 0 aliphatic carbocycles. The van der Waals surface area contributed by atoms with Crippen molar-refractivity contribution < 1.29 is 9.53 Å². The van der Waals surface area contributed by atoms with E-state index in [1.165, 1.54) is 11.8 Å². The van der Waals surface area contributed by atoms with Crippen LogP contribution in [0.1, 0.15) is 19.4 Å². The van der Waals surface area contributed by atoms with Crippen LogP contribution < -0.4 is 10.2 Å². The lowest BCUT2D eigenvalue weighted by molar-refractivity contribution is -0.118. The van der Waals surface area contributed by atoms with Gasteiger partial charge in [0.05, 0.1) is 28.8 Å². The second-order valence-corrected chi connectivity index (χ2v) is 8.53. The van der Waals surface area contributed by atoms with Crippen LogP contribution in [0.3, 0.4) is 0 Å². The van der Waals surface area contributed by atoms with E-state index in [-0.39, 0.29) is 11.7 Å². The molecular formula is C20H21N3O2S2. The van der Waals surface area contributed by atoms with E-state index < -0.39 is 0 Å². The van der Waals surface area contributed by atoms with E-state index in [4.69, 9.17) is 4.74 Å². The average Bonchev–Trinajstić information content (AvgIpc) is 3.08. The average molecular weight is 400 g/mol. The highest BCUT2D eigenvalue weighted by Crippen LogP contribution is 2.29. The summed E-state index contributed by atoms with van der Waals surface area (Å²) in [7, 11) is 0. The number of para-hydroxylation sites is 2. The number of hydrogen-bond donors (Lipinski definition) is 1. The molecule has 0 aliphatic rings. The van der Waals surface area contributed by atoms with Crippen molar-refractivity contribution in [3.05, 3.63) is 54.1 Å². The van der Waals surface area contributed by atoms with Crippen molar-refractivity contribution in [1.82, 2.24) is 10.4 Å². The molecule has 1 heterocycles. The number of rotatable bonds is 8. The van der Waals surface area contributed by atoms with Gasteiger partial charge in [-0.1, -0.05) is 49.9 Å². The fraction of sp³-hybridized carbons (Fsp3) is 0.250. The fourth-order valence-corrected chi connectivity index (χ4v) is 4.08. The van der Waals surface area contributed by atoms with E-state index in [0.717, 1.165) is 25.9 Å². The number of thioether (sulfide) groups is 1. The summed E-state index contributed by atoms with van der Waals surface area (Å²) in [5, 5.41) is 4.05. The van der Waals surface area contributed by atoms with Crippen LogP contribution in [0.2, 0.25) is 0 Å². The summed E-state index contributed by atoms with van der Waals surface area (Å²) in [4.78, 5) is 16.5. The molecule has 0 unspecified atom stereocenters. The number of hydrazone groups is 1. The van der Waals surface area contributed by atoms with Crippen molar-refractivity contribution in [3.8, 4) is 5.75 Å². The van der Waals surface area contributed by atoms with Gasteiger partial charge in [-0.2, -0.15) is 5.10 Å². The van der Waals surface area contributed by atoms with E-state index in [9.17, 15) is 4.79 Å². The zero-order chi connectivity index (χ0) is 19.1. The highest BCUT2D eigenvalue weighted by atomic mass is 32.2. The molecule has 0 atom stereocenters. The molecule has 0 bridgehead atoms. The normalized spacial score (nSPS) is 11.4. The number of aromatic nitrogens is 1. The highest BCUT2D eigenvalue weighted by molar-refractivity contribution is 8.01. The van der Waals surface area contributed by atoms with Crippen molar-refractivity contribution in [2.75, 3.05) is 12.4 Å². The first-order chi connectivity index (χ1) is 13.1. The molecule has 1 amide bonds. The van der Waals surface area contributed by atoms with Gasteiger partial charge < -0.3 is 4.74 Å². The van der Waals surface area contributed by atoms with Crippen LogP contribution in [-0.2, 0) is 4.79 Å². The first-order valence-electron chi connectivity index (χ1n) is 8.64. The number of carbonyl (C=O) groups is 1. The van der Waals surface area contributed by atoms with Crippen LogP contribution in [0.5, 0.6) is 5.75 Å². The van der Waals surface area contributed by atoms with Gasteiger partial charge in [-0.25, -0.2) is 10.4 Å². The lowest BCUT2D eigenvalue weighted by Gasteiger charge is -2.10. The molecule has 140 valence electrons. The molecular weight excluding hydrogens is 378 g/mol. The van der Waals surface area contributed by atoms with Gasteiger partial charge in [0.25, 0.3) is 5.91 Å². The molecule has 0 saturated carbocycles. The lowest BCUT2D eigenvalue weighted by atomic mass is 10.2. The summed E-state index contributed by atoms with van der Waals surface area (Å²) in [6, 6.07) is 15.6. The third-order valence-corrected chi connectivity index (χ3v) is 5.66. The number of carbonyl (C=O) groups excluding carboxylic acids is 1. The fourth-order valence-electron chi connectivity index (χ4n) is 2.22. The summed E-state index contributed by atoms with van der Waals surface area (Å²) in [5.74, 6) is 1.29. The van der Waals surface area contributed by atoms with Crippen molar-refractivity contribution in [2.45, 2.75) is 18.2 Å². The van der Waals surface area contributed by atoms with Crippen molar-refractivity contribution in [2.24, 2.45) is 11.0 Å². The van der Waals surface area contributed by atoms with E-state index in [0.29, 0.717) is 12.5 Å². The molecule has 3 aromatic rings. The molecule has 2 aromatic carbocycles. The van der Waals surface area contributed by atoms with Crippen LogP contribution >= 0.6 is 23.1 Å². The molecule has 3 rings (SSSR count). The monoisotopic (exact) mass is 399 g/mol. The lowest BCUT2D eigenvalue weighted by Crippen LogP contribution is -2.19. The Labute approximate surface area is 166 Å². The summed E-state index contributed by atoms with van der Waals surface area (Å²) in [6.07, 6.45) is 1.61. The number of ether oxygens (including phenoxy) is 1. The first kappa shape index (κ1) is 19.4. The van der Waals surface area contributed by atoms with Crippen LogP contribution in [-0.4, -0.2) is 29.5 Å². The highest BCUT2D eigenvalue weighted by Gasteiger charge is 2.07. The molecule has 0 radical (unpaired) electrons. The number of thiazole rings is 1. The van der Waals surface area contributed by atoms with Crippen LogP contribution in [0.25, 0.3) is 10.2 Å². The van der Waals surface area contributed by atoms with E-state index >= 15 is 0 Å². The minimum Gasteiger partial charge on any atom is -0.493 e. The summed E-state index contributed by atoms with van der Waals surface area (Å²) in [6.45, 7) is 4.83. The van der Waals surface area contributed by atoms with E-state index in [2.05, 4.69) is 29.4 Å². The Morgan fingerprint density at radius 2 is 2.04 bits per heavy atom. The van der Waals surface area contributed by atoms with Gasteiger partial charge in [-0.3, -0.25) is 4.79 Å². The maximum absolute atomic E-state index is 12.0. The molecule has 27 heavy (non-hydrogen) atoms. The minimum absolute atomic E-state index is 0.170. The minimum atomic E-state index is -0.170. The Morgan fingerprint density at radius 1 is 1.26 bits per heavy atom. The molecule has 1 aromatic heterocycles. The van der Waals surface area contributed by atoms with Crippen LogP contribution in [0, 0.1) is 5.92 Å². The van der Waals surface area contributed by atoms with Gasteiger partial charge in [0.1, 0.15) is 5.75 Å². The second kappa shape index (κ2) is 9.53. The summed E-state index contributed by atoms with van der Waals surface area (Å²) >= 11 is 3.00. The molecule has 0 fully saturated rings. The maximum atomic E-state index is 12.0. The smallest absolute Gasteiger partial charge is 0.250 e. The zero-order valence-corrected chi connectivity index (χ0v) is 16.8. The Hall–Kier alpha value is -2.38. The molecule has 1 N–H and O–H groups in total. The quantitative estimate of drug-likeness (QED) is 0.342. The topological polar surface area (TPSA) is 63.6 Å². The van der Waals surface area contributed by atoms with E-state index in [1.807, 2.05) is 48.5 Å². The van der Waals surface area contributed by atoms with Gasteiger partial charge in [0.15, 0.2) is 4.34 Å². The van der Waals surface area contributed by atoms with Gasteiger partial charge in [0.2, 0.25) is 0 Å². The second-order valence-electron chi connectivity index (χ2n) is 6.27.